The Morgan fingerprint density at radius 2 is 1.69 bits per heavy atom. The van der Waals surface area contributed by atoms with Crippen molar-refractivity contribution < 1.29 is 9.53 Å². The molecule has 6 rings (SSSR count). The molecule has 1 aliphatic heterocycles. The number of fused-ring (bicyclic) bond motifs is 4. The van der Waals surface area contributed by atoms with Gasteiger partial charge in [-0.25, -0.2) is 9.97 Å². The molecule has 0 atom stereocenters. The molecule has 3 heterocycles. The lowest BCUT2D eigenvalue weighted by atomic mass is 10.1. The first kappa shape index (κ1) is 19.2. The van der Waals surface area contributed by atoms with E-state index in [1.165, 1.54) is 0 Å². The number of aromatic nitrogens is 2. The highest BCUT2D eigenvalue weighted by molar-refractivity contribution is 7.25. The third kappa shape index (κ3) is 3.45. The molecule has 0 unspecified atom stereocenters. The minimum absolute atomic E-state index is 0.140. The topological polar surface area (TPSA) is 67.4 Å². The third-order valence-electron chi connectivity index (χ3n) is 5.74. The summed E-state index contributed by atoms with van der Waals surface area (Å²) in [5.41, 5.74) is 5.09. The molecule has 0 spiro atoms. The average molecular weight is 441 g/mol. The summed E-state index contributed by atoms with van der Waals surface area (Å²) in [5, 5.41) is 3.97. The van der Waals surface area contributed by atoms with Gasteiger partial charge in [0.15, 0.2) is 0 Å². The van der Waals surface area contributed by atoms with Crippen LogP contribution in [0.3, 0.4) is 0 Å². The van der Waals surface area contributed by atoms with E-state index in [1.54, 1.807) is 11.3 Å². The van der Waals surface area contributed by atoms with Gasteiger partial charge in [0.25, 0.3) is 5.91 Å². The Balaban J connectivity index is 1.28. The predicted molar refractivity (Wildman–Crippen MR) is 130 cm³/mol. The number of ether oxygens (including phenoxy) is 1. The Bertz CT molecular complexity index is 1460. The van der Waals surface area contributed by atoms with Gasteiger partial charge in [0.2, 0.25) is 0 Å². The van der Waals surface area contributed by atoms with Crippen molar-refractivity contribution in [3.05, 3.63) is 72.3 Å². The Hall–Kier alpha value is -3.55. The molecule has 1 N–H and O–H groups in total. The van der Waals surface area contributed by atoms with Crippen LogP contribution in [0.5, 0.6) is 0 Å². The Labute approximate surface area is 188 Å². The van der Waals surface area contributed by atoms with Crippen LogP contribution in [-0.2, 0) is 4.74 Å². The van der Waals surface area contributed by atoms with Gasteiger partial charge in [-0.15, -0.1) is 11.3 Å². The Morgan fingerprint density at radius 1 is 0.938 bits per heavy atom. The van der Waals surface area contributed by atoms with Crippen molar-refractivity contribution in [2.45, 2.75) is 0 Å². The van der Waals surface area contributed by atoms with Gasteiger partial charge in [0.1, 0.15) is 10.3 Å². The average Bonchev–Trinajstić information content (AvgIpc) is 3.20. The van der Waals surface area contributed by atoms with E-state index in [1.807, 2.05) is 66.7 Å². The summed E-state index contributed by atoms with van der Waals surface area (Å²) >= 11 is 1.60. The zero-order valence-electron chi connectivity index (χ0n) is 17.2. The fourth-order valence-electron chi connectivity index (χ4n) is 4.06. The number of amides is 1. The minimum Gasteiger partial charge on any atom is -0.378 e. The summed E-state index contributed by atoms with van der Waals surface area (Å²) in [6, 6.07) is 21.6. The van der Waals surface area contributed by atoms with E-state index in [0.29, 0.717) is 5.56 Å². The van der Waals surface area contributed by atoms with Gasteiger partial charge < -0.3 is 15.0 Å². The molecule has 0 aliphatic carbocycles. The first-order valence-corrected chi connectivity index (χ1v) is 11.4. The second kappa shape index (κ2) is 7.85. The third-order valence-corrected chi connectivity index (χ3v) is 6.80. The highest BCUT2D eigenvalue weighted by Crippen LogP contribution is 2.33. The van der Waals surface area contributed by atoms with Gasteiger partial charge in [0, 0.05) is 40.1 Å². The standard InChI is InChI=1S/C25H20N4O2S/c30-24(26-17-6-8-18(9-7-17)29-11-13-31-14-12-29)16-5-10-22-19(15-16)23-25(32-22)28-21-4-2-1-3-20(21)27-23/h1-10,15H,11-14H2,(H,26,30). The second-order valence-electron chi connectivity index (χ2n) is 7.78. The second-order valence-corrected chi connectivity index (χ2v) is 8.81. The number of thiophene rings is 1. The van der Waals surface area contributed by atoms with Crippen LogP contribution in [0.2, 0.25) is 0 Å². The number of para-hydroxylation sites is 2. The van der Waals surface area contributed by atoms with Crippen molar-refractivity contribution in [1.82, 2.24) is 9.97 Å². The highest BCUT2D eigenvalue weighted by atomic mass is 32.1. The summed E-state index contributed by atoms with van der Waals surface area (Å²) in [6.07, 6.45) is 0. The number of carbonyl (C=O) groups is 1. The van der Waals surface area contributed by atoms with E-state index < -0.39 is 0 Å². The van der Waals surface area contributed by atoms with Gasteiger partial charge >= 0.3 is 0 Å². The van der Waals surface area contributed by atoms with Crippen LogP contribution in [0.15, 0.2) is 66.7 Å². The molecule has 6 nitrogen and oxygen atoms in total. The number of anilines is 2. The zero-order chi connectivity index (χ0) is 21.5. The van der Waals surface area contributed by atoms with Crippen molar-refractivity contribution in [1.29, 1.82) is 0 Å². The fourth-order valence-corrected chi connectivity index (χ4v) is 5.07. The predicted octanol–water partition coefficient (Wildman–Crippen LogP) is 5.09. The minimum atomic E-state index is -0.140. The van der Waals surface area contributed by atoms with Crippen LogP contribution in [0, 0.1) is 0 Å². The molecule has 0 bridgehead atoms. The van der Waals surface area contributed by atoms with E-state index in [-0.39, 0.29) is 5.91 Å². The monoisotopic (exact) mass is 440 g/mol. The summed E-state index contributed by atoms with van der Waals surface area (Å²) in [5.74, 6) is -0.140. The van der Waals surface area contributed by atoms with Gasteiger partial charge in [-0.3, -0.25) is 4.79 Å². The maximum atomic E-state index is 12.9. The van der Waals surface area contributed by atoms with Gasteiger partial charge in [-0.05, 0) is 54.6 Å². The molecule has 32 heavy (non-hydrogen) atoms. The smallest absolute Gasteiger partial charge is 0.255 e. The number of rotatable bonds is 3. The summed E-state index contributed by atoms with van der Waals surface area (Å²) in [6.45, 7) is 3.27. The van der Waals surface area contributed by atoms with Crippen LogP contribution in [0.4, 0.5) is 11.4 Å². The van der Waals surface area contributed by atoms with Crippen molar-refractivity contribution in [3.8, 4) is 0 Å². The number of nitrogens with zero attached hydrogens (tertiary/aromatic N) is 3. The number of hydrogen-bond donors (Lipinski definition) is 1. The largest absolute Gasteiger partial charge is 0.378 e. The molecule has 0 saturated carbocycles. The lowest BCUT2D eigenvalue weighted by Crippen LogP contribution is -2.36. The molecule has 1 saturated heterocycles. The van der Waals surface area contributed by atoms with Crippen LogP contribution in [0.25, 0.3) is 31.5 Å². The molecule has 0 radical (unpaired) electrons. The number of benzene rings is 3. The van der Waals surface area contributed by atoms with Crippen molar-refractivity contribution in [2.75, 3.05) is 36.5 Å². The number of hydrogen-bond acceptors (Lipinski definition) is 6. The maximum Gasteiger partial charge on any atom is 0.255 e. The quantitative estimate of drug-likeness (QED) is 0.423. The van der Waals surface area contributed by atoms with E-state index in [2.05, 4.69) is 10.2 Å². The Morgan fingerprint density at radius 3 is 2.47 bits per heavy atom. The van der Waals surface area contributed by atoms with E-state index in [0.717, 1.165) is 69.1 Å². The van der Waals surface area contributed by atoms with E-state index in [4.69, 9.17) is 14.7 Å². The van der Waals surface area contributed by atoms with Crippen molar-refractivity contribution in [3.63, 3.8) is 0 Å². The normalized spacial score (nSPS) is 14.3. The van der Waals surface area contributed by atoms with Gasteiger partial charge in [-0.2, -0.15) is 0 Å². The summed E-state index contributed by atoms with van der Waals surface area (Å²) in [7, 11) is 0. The lowest BCUT2D eigenvalue weighted by Gasteiger charge is -2.28. The molecule has 3 aromatic carbocycles. The van der Waals surface area contributed by atoms with Gasteiger partial charge in [-0.1, -0.05) is 12.1 Å². The number of carbonyl (C=O) groups excluding carboxylic acids is 1. The summed E-state index contributed by atoms with van der Waals surface area (Å²) in [4.78, 5) is 25.7. The molecular weight excluding hydrogens is 420 g/mol. The molecule has 2 aromatic heterocycles. The van der Waals surface area contributed by atoms with Crippen molar-refractivity contribution in [2.24, 2.45) is 0 Å². The molecule has 1 fully saturated rings. The van der Waals surface area contributed by atoms with Crippen LogP contribution in [-0.4, -0.2) is 42.2 Å². The molecule has 5 aromatic rings. The van der Waals surface area contributed by atoms with Crippen LogP contribution >= 0.6 is 11.3 Å². The Kier molecular flexibility index (Phi) is 4.70. The highest BCUT2D eigenvalue weighted by Gasteiger charge is 2.14. The van der Waals surface area contributed by atoms with Crippen LogP contribution < -0.4 is 10.2 Å². The lowest BCUT2D eigenvalue weighted by molar-refractivity contribution is 0.102. The molecular formula is C25H20N4O2S. The first-order chi connectivity index (χ1) is 15.7. The molecule has 1 amide bonds. The molecule has 1 aliphatic rings. The van der Waals surface area contributed by atoms with Crippen molar-refractivity contribution >= 4 is 60.1 Å². The van der Waals surface area contributed by atoms with E-state index >= 15 is 0 Å². The van der Waals surface area contributed by atoms with Crippen LogP contribution in [0.1, 0.15) is 10.4 Å². The first-order valence-electron chi connectivity index (χ1n) is 10.6. The van der Waals surface area contributed by atoms with Gasteiger partial charge in [0.05, 0.1) is 24.2 Å². The molecule has 158 valence electrons. The fraction of sp³-hybridized carbons (Fsp3) is 0.160. The zero-order valence-corrected chi connectivity index (χ0v) is 18.1. The number of nitrogens with one attached hydrogen (secondary N) is 1. The number of morpholine rings is 1. The van der Waals surface area contributed by atoms with E-state index in [9.17, 15) is 4.79 Å². The maximum absolute atomic E-state index is 12.9. The summed E-state index contributed by atoms with van der Waals surface area (Å²) < 4.78 is 6.48. The molecule has 7 heteroatoms. The SMILES string of the molecule is O=C(Nc1ccc(N2CCOCC2)cc1)c1ccc2sc3nc4ccccc4nc3c2c1.